The van der Waals surface area contributed by atoms with E-state index in [1.807, 2.05) is 24.9 Å². The van der Waals surface area contributed by atoms with Crippen molar-refractivity contribution in [3.05, 3.63) is 78.9 Å². The molecule has 0 aliphatic carbocycles. The fraction of sp³-hybridized carbons (Fsp3) is 0.389. The SMILES string of the molecule is COc1c(C)cc2c(c1O)[C@@H]1[C@@H]3Cc4c(OC(C)=O)c(C)c5c(c4[C@H](CN4C(=O)c6ccc([N+](=O)[O-])cc6C4=O)N3[C@@H](C#N)[C@H](C2)N1C)OCO5. The highest BCUT2D eigenvalue weighted by Crippen LogP contribution is 2.58. The number of hydrogen-bond acceptors (Lipinski definition) is 13. The highest BCUT2D eigenvalue weighted by atomic mass is 16.7. The van der Waals surface area contributed by atoms with Crippen molar-refractivity contribution in [3.63, 3.8) is 0 Å². The molecule has 1 N–H and O–H groups in total. The summed E-state index contributed by atoms with van der Waals surface area (Å²) in [6.07, 6.45) is 0.651. The minimum atomic E-state index is -0.888. The number of ether oxygens (including phenoxy) is 4. The first-order valence-electron chi connectivity index (χ1n) is 16.4. The topological polar surface area (TPSA) is 185 Å². The summed E-state index contributed by atoms with van der Waals surface area (Å²) < 4.78 is 23.4. The van der Waals surface area contributed by atoms with Crippen LogP contribution < -0.4 is 18.9 Å². The van der Waals surface area contributed by atoms with Crippen LogP contribution >= 0.6 is 0 Å². The molecule has 1 fully saturated rings. The van der Waals surface area contributed by atoms with E-state index in [1.54, 1.807) is 6.92 Å². The van der Waals surface area contributed by atoms with E-state index < -0.39 is 46.9 Å². The van der Waals surface area contributed by atoms with Gasteiger partial charge in [-0.25, -0.2) is 0 Å². The number of carbonyl (C=O) groups excluding carboxylic acids is 3. The summed E-state index contributed by atoms with van der Waals surface area (Å²) in [5.41, 5.74) is 3.50. The lowest BCUT2D eigenvalue weighted by Crippen LogP contribution is -2.68. The van der Waals surface area contributed by atoms with Crippen LogP contribution in [0.5, 0.6) is 28.7 Å². The number of phenolic OH excluding ortho intramolecular Hbond substituents is 1. The molecule has 5 atom stereocenters. The Labute approximate surface area is 291 Å². The number of non-ortho nitro benzene ring substituents is 1. The number of aryl methyl sites for hydroxylation is 1. The molecule has 5 heterocycles. The molecule has 8 rings (SSSR count). The summed E-state index contributed by atoms with van der Waals surface area (Å²) in [7, 11) is 3.40. The second-order valence-corrected chi connectivity index (χ2v) is 13.6. The largest absolute Gasteiger partial charge is 0.504 e. The maximum absolute atomic E-state index is 14.0. The quantitative estimate of drug-likeness (QED) is 0.134. The van der Waals surface area contributed by atoms with E-state index in [1.165, 1.54) is 26.2 Å². The summed E-state index contributed by atoms with van der Waals surface area (Å²) in [5, 5.41) is 34.2. The lowest BCUT2D eigenvalue weighted by atomic mass is 9.71. The van der Waals surface area contributed by atoms with Crippen LogP contribution in [0.3, 0.4) is 0 Å². The Balaban J connectivity index is 1.36. The monoisotopic (exact) mass is 695 g/mol. The van der Waals surface area contributed by atoms with Crippen LogP contribution in [0, 0.1) is 35.3 Å². The Morgan fingerprint density at radius 1 is 1.08 bits per heavy atom. The van der Waals surface area contributed by atoms with Gasteiger partial charge in [0.1, 0.15) is 11.8 Å². The van der Waals surface area contributed by atoms with E-state index in [0.29, 0.717) is 45.9 Å². The van der Waals surface area contributed by atoms with Gasteiger partial charge in [0.2, 0.25) is 6.79 Å². The summed E-state index contributed by atoms with van der Waals surface area (Å²) in [5.74, 6) is -0.643. The summed E-state index contributed by atoms with van der Waals surface area (Å²) in [6.45, 7) is 4.49. The Kier molecular flexibility index (Phi) is 7.26. The van der Waals surface area contributed by atoms with Crippen LogP contribution in [0.2, 0.25) is 0 Å². The molecule has 0 aromatic heterocycles. The van der Waals surface area contributed by atoms with Crippen LogP contribution in [-0.4, -0.2) is 88.1 Å². The average Bonchev–Trinajstić information content (AvgIpc) is 3.67. The van der Waals surface area contributed by atoms with Crippen molar-refractivity contribution in [1.82, 2.24) is 14.7 Å². The second-order valence-electron chi connectivity index (χ2n) is 13.6. The van der Waals surface area contributed by atoms with Gasteiger partial charge in [0.25, 0.3) is 17.5 Å². The van der Waals surface area contributed by atoms with Crippen molar-refractivity contribution < 1.29 is 43.4 Å². The van der Waals surface area contributed by atoms with Gasteiger partial charge < -0.3 is 24.1 Å². The molecule has 5 aliphatic rings. The van der Waals surface area contributed by atoms with Crippen molar-refractivity contribution in [3.8, 4) is 34.8 Å². The maximum atomic E-state index is 14.0. The fourth-order valence-electron chi connectivity index (χ4n) is 9.02. The van der Waals surface area contributed by atoms with Gasteiger partial charge in [-0.2, -0.15) is 5.26 Å². The number of nitro benzene ring substituents is 1. The molecule has 262 valence electrons. The number of nitriles is 1. The number of fused-ring (bicyclic) bond motifs is 10. The van der Waals surface area contributed by atoms with Gasteiger partial charge in [-0.1, -0.05) is 6.07 Å². The van der Waals surface area contributed by atoms with E-state index >= 15 is 0 Å². The van der Waals surface area contributed by atoms with Gasteiger partial charge in [0.05, 0.1) is 41.3 Å². The van der Waals surface area contributed by atoms with Crippen LogP contribution in [0.1, 0.15) is 73.1 Å². The number of benzene rings is 3. The second kappa shape index (κ2) is 11.4. The number of methoxy groups -OCH3 is 1. The molecule has 3 aromatic rings. The van der Waals surface area contributed by atoms with Gasteiger partial charge in [-0.15, -0.1) is 0 Å². The van der Waals surface area contributed by atoms with Gasteiger partial charge >= 0.3 is 5.97 Å². The zero-order chi connectivity index (χ0) is 36.2. The standard InChI is InChI=1S/C36H33N5O10/c1-15-8-18-9-23-25(12-37)40-24(29(38(23)4)27(18)30(43)31(15)48-5)11-22-28(34-33(49-14-50-34)16(2)32(22)51-17(3)42)26(40)13-39-35(44)20-7-6-19(41(46)47)10-21(20)36(39)45/h6-8,10,23-26,29,43H,9,11,13-14H2,1-5H3/t23-,24-,25-,26-,29-/m0/s1. The normalized spacial score (nSPS) is 24.3. The maximum Gasteiger partial charge on any atom is 0.308 e. The number of rotatable bonds is 5. The smallest absolute Gasteiger partial charge is 0.308 e. The number of nitro groups is 1. The number of aromatic hydroxyl groups is 1. The molecule has 0 spiro atoms. The predicted molar refractivity (Wildman–Crippen MR) is 176 cm³/mol. The summed E-state index contributed by atoms with van der Waals surface area (Å²) >= 11 is 0. The number of phenols is 1. The lowest BCUT2D eigenvalue weighted by molar-refractivity contribution is -0.384. The van der Waals surface area contributed by atoms with E-state index in [9.17, 15) is 34.9 Å². The van der Waals surface area contributed by atoms with Crippen molar-refractivity contribution in [2.75, 3.05) is 27.5 Å². The minimum Gasteiger partial charge on any atom is -0.504 e. The molecule has 2 bridgehead atoms. The molecular weight excluding hydrogens is 662 g/mol. The number of esters is 1. The molecule has 0 radical (unpaired) electrons. The number of piperazine rings is 1. The zero-order valence-corrected chi connectivity index (χ0v) is 28.4. The van der Waals surface area contributed by atoms with Crippen LogP contribution in [0.4, 0.5) is 5.69 Å². The fourth-order valence-corrected chi connectivity index (χ4v) is 9.02. The third kappa shape index (κ3) is 4.46. The zero-order valence-electron chi connectivity index (χ0n) is 28.4. The number of amides is 2. The number of likely N-dealkylation sites (N-methyl/N-ethyl adjacent to an activating group) is 1. The molecule has 0 saturated carbocycles. The molecule has 5 aliphatic heterocycles. The first kappa shape index (κ1) is 32.5. The minimum absolute atomic E-state index is 0.00970. The van der Waals surface area contributed by atoms with E-state index in [-0.39, 0.29) is 54.1 Å². The molecule has 51 heavy (non-hydrogen) atoms. The Bertz CT molecular complexity index is 2160. The van der Waals surface area contributed by atoms with Crippen LogP contribution in [-0.2, 0) is 17.6 Å². The van der Waals surface area contributed by atoms with Crippen LogP contribution in [0.25, 0.3) is 0 Å². The predicted octanol–water partition coefficient (Wildman–Crippen LogP) is 3.65. The molecule has 2 amide bonds. The van der Waals surface area contributed by atoms with Crippen molar-refractivity contribution in [2.45, 2.75) is 63.8 Å². The molecular formula is C36H33N5O10. The molecule has 3 aromatic carbocycles. The first-order chi connectivity index (χ1) is 24.4. The third-order valence-electron chi connectivity index (χ3n) is 11.0. The molecule has 15 heteroatoms. The van der Waals surface area contributed by atoms with E-state index in [0.717, 1.165) is 22.1 Å². The number of nitrogens with zero attached hydrogens (tertiary/aromatic N) is 5. The Morgan fingerprint density at radius 2 is 1.80 bits per heavy atom. The van der Waals surface area contributed by atoms with Gasteiger partial charge in [-0.05, 0) is 50.9 Å². The van der Waals surface area contributed by atoms with E-state index in [4.69, 9.17) is 18.9 Å². The first-order valence-corrected chi connectivity index (χ1v) is 16.4. The Morgan fingerprint density at radius 3 is 2.49 bits per heavy atom. The van der Waals surface area contributed by atoms with Crippen molar-refractivity contribution in [2.24, 2.45) is 0 Å². The third-order valence-corrected chi connectivity index (χ3v) is 11.0. The lowest BCUT2D eigenvalue weighted by Gasteiger charge is -2.60. The highest BCUT2D eigenvalue weighted by Gasteiger charge is 2.57. The van der Waals surface area contributed by atoms with Gasteiger partial charge in [0, 0.05) is 59.9 Å². The van der Waals surface area contributed by atoms with Crippen molar-refractivity contribution in [1.29, 1.82) is 5.26 Å². The molecule has 1 saturated heterocycles. The van der Waals surface area contributed by atoms with Crippen molar-refractivity contribution >= 4 is 23.5 Å². The average molecular weight is 696 g/mol. The Hall–Kier alpha value is -5.72. The molecule has 15 nitrogen and oxygen atoms in total. The summed E-state index contributed by atoms with van der Waals surface area (Å²) in [6, 6.07) is 4.94. The number of imide groups is 1. The van der Waals surface area contributed by atoms with Gasteiger partial charge in [-0.3, -0.25) is 39.2 Å². The van der Waals surface area contributed by atoms with Crippen LogP contribution in [0.15, 0.2) is 24.3 Å². The van der Waals surface area contributed by atoms with E-state index in [2.05, 4.69) is 11.0 Å². The summed E-state index contributed by atoms with van der Waals surface area (Å²) in [4.78, 5) is 56.5. The molecule has 0 unspecified atom stereocenters. The highest BCUT2D eigenvalue weighted by molar-refractivity contribution is 6.21. The number of hydrogen-bond donors (Lipinski definition) is 1. The van der Waals surface area contributed by atoms with Gasteiger partial charge in [0.15, 0.2) is 23.0 Å². The number of carbonyl (C=O) groups is 3.